The fourth-order valence-electron chi connectivity index (χ4n) is 2.74. The molecule has 148 valence electrons. The van der Waals surface area contributed by atoms with E-state index in [1.165, 1.54) is 11.8 Å². The van der Waals surface area contributed by atoms with Crippen molar-refractivity contribution in [3.05, 3.63) is 48.0 Å². The van der Waals surface area contributed by atoms with Crippen molar-refractivity contribution in [2.24, 2.45) is 0 Å². The van der Waals surface area contributed by atoms with Crippen LogP contribution in [0.5, 0.6) is 17.2 Å². The predicted octanol–water partition coefficient (Wildman–Crippen LogP) is 3.86. The molecule has 0 radical (unpaired) electrons. The summed E-state index contributed by atoms with van der Waals surface area (Å²) in [6.45, 7) is 0. The Morgan fingerprint density at radius 1 is 1.07 bits per heavy atom. The molecule has 0 saturated heterocycles. The zero-order valence-electron chi connectivity index (χ0n) is 16.2. The standard InChI is InChI=1S/C21H19N3O4S/c1-26-17-7-5-4-6-15(17)23-20(25)12-29-21-14(11-22)8-13-9-18(27-2)19(28-3)10-16(13)24-21/h4-10H,12H2,1-3H3,(H,23,25). The van der Waals surface area contributed by atoms with Crippen molar-refractivity contribution in [3.63, 3.8) is 0 Å². The molecule has 0 unspecified atom stereocenters. The van der Waals surface area contributed by atoms with Gasteiger partial charge < -0.3 is 19.5 Å². The number of para-hydroxylation sites is 2. The fraction of sp³-hybridized carbons (Fsp3) is 0.190. The summed E-state index contributed by atoms with van der Waals surface area (Å²) in [5.41, 5.74) is 1.62. The van der Waals surface area contributed by atoms with E-state index in [4.69, 9.17) is 14.2 Å². The molecular weight excluding hydrogens is 390 g/mol. The minimum Gasteiger partial charge on any atom is -0.495 e. The largest absolute Gasteiger partial charge is 0.495 e. The van der Waals surface area contributed by atoms with Crippen LogP contribution in [-0.2, 0) is 4.79 Å². The lowest BCUT2D eigenvalue weighted by Crippen LogP contribution is -2.14. The maximum Gasteiger partial charge on any atom is 0.234 e. The maximum absolute atomic E-state index is 12.4. The van der Waals surface area contributed by atoms with Crippen LogP contribution in [0.15, 0.2) is 47.5 Å². The third-order valence-electron chi connectivity index (χ3n) is 4.13. The molecule has 1 N–H and O–H groups in total. The van der Waals surface area contributed by atoms with Gasteiger partial charge in [0.1, 0.15) is 16.8 Å². The van der Waals surface area contributed by atoms with Crippen LogP contribution in [0.2, 0.25) is 0 Å². The number of thioether (sulfide) groups is 1. The van der Waals surface area contributed by atoms with Gasteiger partial charge in [-0.3, -0.25) is 4.79 Å². The molecule has 0 spiro atoms. The molecule has 0 aliphatic heterocycles. The van der Waals surface area contributed by atoms with Crippen molar-refractivity contribution in [3.8, 4) is 23.3 Å². The molecule has 1 aromatic heterocycles. The van der Waals surface area contributed by atoms with E-state index in [1.54, 1.807) is 51.7 Å². The van der Waals surface area contributed by atoms with Crippen LogP contribution in [0.25, 0.3) is 10.9 Å². The number of ether oxygens (including phenoxy) is 3. The SMILES string of the molecule is COc1ccccc1NC(=O)CSc1nc2cc(OC)c(OC)cc2cc1C#N. The zero-order chi connectivity index (χ0) is 20.8. The highest BCUT2D eigenvalue weighted by molar-refractivity contribution is 8.00. The molecule has 0 saturated carbocycles. The number of pyridine rings is 1. The predicted molar refractivity (Wildman–Crippen MR) is 112 cm³/mol. The highest BCUT2D eigenvalue weighted by atomic mass is 32.2. The van der Waals surface area contributed by atoms with Gasteiger partial charge in [-0.05, 0) is 24.3 Å². The van der Waals surface area contributed by atoms with Gasteiger partial charge >= 0.3 is 0 Å². The molecule has 0 aliphatic rings. The Morgan fingerprint density at radius 3 is 2.45 bits per heavy atom. The Labute approximate surface area is 172 Å². The second-order valence-corrected chi connectivity index (χ2v) is 6.85. The number of amides is 1. The van der Waals surface area contributed by atoms with E-state index in [-0.39, 0.29) is 11.7 Å². The third kappa shape index (κ3) is 4.52. The number of methoxy groups -OCH3 is 3. The topological polar surface area (TPSA) is 93.5 Å². The lowest BCUT2D eigenvalue weighted by molar-refractivity contribution is -0.113. The summed E-state index contributed by atoms with van der Waals surface area (Å²) in [6, 6.07) is 14.5. The number of carbonyl (C=O) groups is 1. The quantitative estimate of drug-likeness (QED) is 0.592. The number of aromatic nitrogens is 1. The summed E-state index contributed by atoms with van der Waals surface area (Å²) >= 11 is 1.19. The van der Waals surface area contributed by atoms with Gasteiger partial charge in [-0.1, -0.05) is 23.9 Å². The van der Waals surface area contributed by atoms with Gasteiger partial charge in [-0.15, -0.1) is 0 Å². The number of hydrogen-bond acceptors (Lipinski definition) is 7. The van der Waals surface area contributed by atoms with Gasteiger partial charge in [0.25, 0.3) is 0 Å². The van der Waals surface area contributed by atoms with Crippen molar-refractivity contribution in [2.45, 2.75) is 5.03 Å². The minimum atomic E-state index is -0.224. The summed E-state index contributed by atoms with van der Waals surface area (Å²) in [6.07, 6.45) is 0. The number of carbonyl (C=O) groups excluding carboxylic acids is 1. The van der Waals surface area contributed by atoms with Crippen molar-refractivity contribution in [1.29, 1.82) is 5.26 Å². The maximum atomic E-state index is 12.4. The normalized spacial score (nSPS) is 10.3. The first-order valence-corrected chi connectivity index (χ1v) is 9.60. The molecule has 29 heavy (non-hydrogen) atoms. The number of rotatable bonds is 7. The lowest BCUT2D eigenvalue weighted by Gasteiger charge is -2.11. The molecule has 7 nitrogen and oxygen atoms in total. The number of benzene rings is 2. The Balaban J connectivity index is 1.82. The number of nitriles is 1. The first-order chi connectivity index (χ1) is 14.1. The van der Waals surface area contributed by atoms with Crippen LogP contribution < -0.4 is 19.5 Å². The van der Waals surface area contributed by atoms with Crippen LogP contribution in [0.4, 0.5) is 5.69 Å². The highest BCUT2D eigenvalue weighted by Gasteiger charge is 2.14. The van der Waals surface area contributed by atoms with Gasteiger partial charge in [-0.25, -0.2) is 4.98 Å². The number of nitrogens with one attached hydrogen (secondary N) is 1. The summed E-state index contributed by atoms with van der Waals surface area (Å²) in [4.78, 5) is 16.9. The molecule has 1 amide bonds. The van der Waals surface area contributed by atoms with Crippen molar-refractivity contribution in [1.82, 2.24) is 4.98 Å². The van der Waals surface area contributed by atoms with Crippen LogP contribution >= 0.6 is 11.8 Å². The molecule has 3 rings (SSSR count). The first-order valence-electron chi connectivity index (χ1n) is 8.62. The van der Waals surface area contributed by atoms with E-state index < -0.39 is 0 Å². The zero-order valence-corrected chi connectivity index (χ0v) is 17.0. The Bertz CT molecular complexity index is 1100. The average molecular weight is 409 g/mol. The molecule has 8 heteroatoms. The summed E-state index contributed by atoms with van der Waals surface area (Å²) < 4.78 is 15.8. The van der Waals surface area contributed by atoms with Crippen molar-refractivity contribution in [2.75, 3.05) is 32.4 Å². The molecule has 2 aromatic carbocycles. The number of anilines is 1. The van der Waals surface area contributed by atoms with E-state index in [2.05, 4.69) is 16.4 Å². The van der Waals surface area contributed by atoms with Crippen LogP contribution in [0.1, 0.15) is 5.56 Å². The van der Waals surface area contributed by atoms with Gasteiger partial charge in [0.15, 0.2) is 11.5 Å². The van der Waals surface area contributed by atoms with E-state index in [9.17, 15) is 10.1 Å². The van der Waals surface area contributed by atoms with Gasteiger partial charge in [0, 0.05) is 11.5 Å². The highest BCUT2D eigenvalue weighted by Crippen LogP contribution is 2.34. The van der Waals surface area contributed by atoms with E-state index >= 15 is 0 Å². The van der Waals surface area contributed by atoms with Crippen molar-refractivity contribution < 1.29 is 19.0 Å². The second-order valence-electron chi connectivity index (χ2n) is 5.89. The molecule has 0 atom stereocenters. The monoisotopic (exact) mass is 409 g/mol. The van der Waals surface area contributed by atoms with Gasteiger partial charge in [0.05, 0.1) is 43.8 Å². The summed E-state index contributed by atoms with van der Waals surface area (Å²) in [5, 5.41) is 13.5. The molecule has 0 fully saturated rings. The fourth-order valence-corrected chi connectivity index (χ4v) is 3.50. The van der Waals surface area contributed by atoms with Gasteiger partial charge in [0.2, 0.25) is 5.91 Å². The van der Waals surface area contributed by atoms with Crippen LogP contribution in [0, 0.1) is 11.3 Å². The molecule has 0 bridgehead atoms. The van der Waals surface area contributed by atoms with E-state index in [1.807, 2.05) is 12.1 Å². The van der Waals surface area contributed by atoms with E-state index in [0.29, 0.717) is 39.0 Å². The number of nitrogens with zero attached hydrogens (tertiary/aromatic N) is 2. The summed E-state index contributed by atoms with van der Waals surface area (Å²) in [7, 11) is 4.64. The van der Waals surface area contributed by atoms with E-state index in [0.717, 1.165) is 5.39 Å². The van der Waals surface area contributed by atoms with Gasteiger partial charge in [-0.2, -0.15) is 5.26 Å². The Morgan fingerprint density at radius 2 is 1.76 bits per heavy atom. The lowest BCUT2D eigenvalue weighted by atomic mass is 10.1. The Kier molecular flexibility index (Phi) is 6.42. The Hall–Kier alpha value is -3.44. The molecule has 1 heterocycles. The molecule has 3 aromatic rings. The minimum absolute atomic E-state index is 0.0958. The number of fused-ring (bicyclic) bond motifs is 1. The van der Waals surface area contributed by atoms with Crippen molar-refractivity contribution >= 4 is 34.3 Å². The number of hydrogen-bond donors (Lipinski definition) is 1. The molecular formula is C21H19N3O4S. The third-order valence-corrected chi connectivity index (χ3v) is 5.12. The van der Waals surface area contributed by atoms with Crippen LogP contribution in [0.3, 0.4) is 0 Å². The average Bonchev–Trinajstić information content (AvgIpc) is 2.76. The van der Waals surface area contributed by atoms with Crippen LogP contribution in [-0.4, -0.2) is 38.0 Å². The second kappa shape index (κ2) is 9.17. The summed E-state index contributed by atoms with van der Waals surface area (Å²) in [5.74, 6) is 1.55. The molecule has 0 aliphatic carbocycles. The smallest absolute Gasteiger partial charge is 0.234 e. The first kappa shape index (κ1) is 20.3.